The van der Waals surface area contributed by atoms with Crippen molar-refractivity contribution in [2.24, 2.45) is 0 Å². The number of piperidine rings is 1. The second kappa shape index (κ2) is 10.6. The summed E-state index contributed by atoms with van der Waals surface area (Å²) in [5, 5.41) is 22.7. The predicted octanol–water partition coefficient (Wildman–Crippen LogP) is 3.41. The lowest BCUT2D eigenvalue weighted by molar-refractivity contribution is -0.132. The number of carbonyl (C=O) groups excluding carboxylic acids is 2. The molecule has 2 atom stereocenters. The zero-order chi connectivity index (χ0) is 26.9. The molecular weight excluding hydrogens is 492 g/mol. The molecule has 2 aromatic carbocycles. The van der Waals surface area contributed by atoms with Crippen molar-refractivity contribution in [1.29, 1.82) is 0 Å². The predicted molar refractivity (Wildman–Crippen MR) is 137 cm³/mol. The molecule has 5 rings (SSSR count). The monoisotopic (exact) mass is 523 g/mol. The summed E-state index contributed by atoms with van der Waals surface area (Å²) in [5.41, 5.74) is 1.60. The number of hydrogen-bond acceptors (Lipinski definition) is 5. The van der Waals surface area contributed by atoms with Gasteiger partial charge < -0.3 is 20.6 Å². The van der Waals surface area contributed by atoms with Gasteiger partial charge in [-0.2, -0.15) is 5.10 Å². The lowest BCUT2D eigenvalue weighted by Gasteiger charge is -2.42. The summed E-state index contributed by atoms with van der Waals surface area (Å²) in [6, 6.07) is 14.2. The molecule has 1 aliphatic carbocycles. The minimum Gasteiger partial charge on any atom is -0.378 e. The van der Waals surface area contributed by atoms with Crippen LogP contribution in [0.5, 0.6) is 0 Å². The van der Waals surface area contributed by atoms with Crippen LogP contribution >= 0.6 is 0 Å². The average Bonchev–Trinajstić information content (AvgIpc) is 3.66. The minimum absolute atomic E-state index is 0.247. The van der Waals surface area contributed by atoms with Crippen LogP contribution in [-0.4, -0.2) is 57.2 Å². The van der Waals surface area contributed by atoms with Crippen LogP contribution < -0.4 is 10.6 Å². The van der Waals surface area contributed by atoms with Gasteiger partial charge in [-0.1, -0.05) is 30.3 Å². The van der Waals surface area contributed by atoms with E-state index in [4.69, 9.17) is 0 Å². The number of aliphatic hydroxyl groups excluding tert-OH is 1. The highest BCUT2D eigenvalue weighted by molar-refractivity contribution is 5.97. The fourth-order valence-electron chi connectivity index (χ4n) is 5.29. The number of carbonyl (C=O) groups is 2. The topological polar surface area (TPSA) is 110 Å². The normalized spacial score (nSPS) is 18.9. The van der Waals surface area contributed by atoms with Crippen LogP contribution in [0.1, 0.15) is 55.5 Å². The molecule has 2 fully saturated rings. The van der Waals surface area contributed by atoms with E-state index in [2.05, 4.69) is 37.9 Å². The maximum atomic E-state index is 13.5. The maximum Gasteiger partial charge on any atom is 0.254 e. The molecule has 3 aromatic rings. The van der Waals surface area contributed by atoms with E-state index in [1.807, 2.05) is 24.3 Å². The van der Waals surface area contributed by atoms with Crippen LogP contribution in [0.4, 0.5) is 14.6 Å². The third-order valence-corrected chi connectivity index (χ3v) is 7.59. The molecule has 2 heterocycles. The third-order valence-electron chi connectivity index (χ3n) is 7.59. The Morgan fingerprint density at radius 2 is 1.71 bits per heavy atom. The Kier molecular flexibility index (Phi) is 7.27. The number of H-pyrrole nitrogens is 1. The van der Waals surface area contributed by atoms with Crippen molar-refractivity contribution in [3.63, 3.8) is 0 Å². The highest BCUT2D eigenvalue weighted by Gasteiger charge is 2.42. The van der Waals surface area contributed by atoms with E-state index in [0.717, 1.165) is 43.8 Å². The van der Waals surface area contributed by atoms with Crippen LogP contribution in [0.25, 0.3) is 0 Å². The van der Waals surface area contributed by atoms with Gasteiger partial charge in [0.05, 0.1) is 0 Å². The third kappa shape index (κ3) is 5.46. The van der Waals surface area contributed by atoms with Crippen molar-refractivity contribution in [1.82, 2.24) is 20.4 Å². The molecule has 2 aliphatic rings. The Bertz CT molecular complexity index is 1280. The summed E-state index contributed by atoms with van der Waals surface area (Å²) >= 11 is 0. The number of benzene rings is 2. The van der Waals surface area contributed by atoms with Crippen molar-refractivity contribution >= 4 is 17.6 Å². The number of rotatable bonds is 8. The van der Waals surface area contributed by atoms with Gasteiger partial charge in [0.1, 0.15) is 17.7 Å². The smallest absolute Gasteiger partial charge is 0.254 e. The SMILES string of the molecule is CC(NC(=O)C(O)c1cc(F)cc(F)c1)C(=O)Nc1cc(C2(c3ccccc3)CCN(C3CC3)CC2)[nH]n1. The van der Waals surface area contributed by atoms with Crippen molar-refractivity contribution in [3.05, 3.63) is 83.1 Å². The average molecular weight is 524 g/mol. The second-order valence-electron chi connectivity index (χ2n) is 10.2. The molecule has 4 N–H and O–H groups in total. The Morgan fingerprint density at radius 3 is 2.34 bits per heavy atom. The van der Waals surface area contributed by atoms with E-state index in [0.29, 0.717) is 17.9 Å². The molecule has 200 valence electrons. The van der Waals surface area contributed by atoms with Gasteiger partial charge in [0.15, 0.2) is 11.9 Å². The molecule has 10 heteroatoms. The standard InChI is InChI=1S/C28H31F2N5O3/c1-17(31-27(38)25(36)18-13-20(29)15-21(30)14-18)26(37)32-24-16-23(33-34-24)28(19-5-3-2-4-6-19)9-11-35(12-10-28)22-7-8-22/h2-6,13-17,22,25,36H,7-12H2,1H3,(H,31,38)(H2,32,33,34,37). The fraction of sp³-hybridized carbons (Fsp3) is 0.393. The number of likely N-dealkylation sites (tertiary alicyclic amines) is 1. The van der Waals surface area contributed by atoms with Crippen LogP contribution in [0.3, 0.4) is 0 Å². The molecule has 1 saturated carbocycles. The first kappa shape index (κ1) is 26.0. The Morgan fingerprint density at radius 1 is 1.05 bits per heavy atom. The number of nitrogens with one attached hydrogen (secondary N) is 3. The molecule has 1 aliphatic heterocycles. The molecule has 1 aromatic heterocycles. The lowest BCUT2D eigenvalue weighted by atomic mass is 9.70. The van der Waals surface area contributed by atoms with E-state index in [1.165, 1.54) is 25.3 Å². The maximum absolute atomic E-state index is 13.5. The Balaban J connectivity index is 1.25. The zero-order valence-electron chi connectivity index (χ0n) is 21.1. The van der Waals surface area contributed by atoms with E-state index >= 15 is 0 Å². The summed E-state index contributed by atoms with van der Waals surface area (Å²) < 4.78 is 26.9. The van der Waals surface area contributed by atoms with Crippen LogP contribution in [0.15, 0.2) is 54.6 Å². The van der Waals surface area contributed by atoms with Crippen LogP contribution in [-0.2, 0) is 15.0 Å². The van der Waals surface area contributed by atoms with Crippen molar-refractivity contribution < 1.29 is 23.5 Å². The van der Waals surface area contributed by atoms with Crippen LogP contribution in [0, 0.1) is 11.6 Å². The second-order valence-corrected chi connectivity index (χ2v) is 10.2. The van der Waals surface area contributed by atoms with Gasteiger partial charge in [0, 0.05) is 29.3 Å². The largest absolute Gasteiger partial charge is 0.378 e. The first-order valence-electron chi connectivity index (χ1n) is 12.9. The van der Waals surface area contributed by atoms with E-state index in [9.17, 15) is 23.5 Å². The number of halogens is 2. The summed E-state index contributed by atoms with van der Waals surface area (Å²) in [6.45, 7) is 3.42. The van der Waals surface area contributed by atoms with Gasteiger partial charge in [-0.15, -0.1) is 0 Å². The van der Waals surface area contributed by atoms with Gasteiger partial charge in [-0.25, -0.2) is 8.78 Å². The molecule has 2 unspecified atom stereocenters. The molecule has 2 amide bonds. The van der Waals surface area contributed by atoms with Gasteiger partial charge in [0.2, 0.25) is 5.91 Å². The van der Waals surface area contributed by atoms with E-state index < -0.39 is 35.6 Å². The number of amides is 2. The molecule has 8 nitrogen and oxygen atoms in total. The number of anilines is 1. The highest BCUT2D eigenvalue weighted by Crippen LogP contribution is 2.43. The highest BCUT2D eigenvalue weighted by atomic mass is 19.1. The van der Waals surface area contributed by atoms with Crippen molar-refractivity contribution in [3.8, 4) is 0 Å². The fourth-order valence-corrected chi connectivity index (χ4v) is 5.29. The summed E-state index contributed by atoms with van der Waals surface area (Å²) in [7, 11) is 0. The number of aromatic amines is 1. The molecule has 0 bridgehead atoms. The number of aliphatic hydroxyl groups is 1. The first-order chi connectivity index (χ1) is 18.2. The lowest BCUT2D eigenvalue weighted by Crippen LogP contribution is -2.44. The first-order valence-corrected chi connectivity index (χ1v) is 12.9. The number of aromatic nitrogens is 2. The zero-order valence-corrected chi connectivity index (χ0v) is 21.1. The van der Waals surface area contributed by atoms with Gasteiger partial charge in [-0.05, 0) is 69.0 Å². The van der Waals surface area contributed by atoms with Gasteiger partial charge in [0.25, 0.3) is 5.91 Å². The summed E-state index contributed by atoms with van der Waals surface area (Å²) in [6.07, 6.45) is 2.55. The quantitative estimate of drug-likeness (QED) is 0.362. The van der Waals surface area contributed by atoms with E-state index in [1.54, 1.807) is 0 Å². The van der Waals surface area contributed by atoms with E-state index in [-0.39, 0.29) is 11.0 Å². The van der Waals surface area contributed by atoms with Crippen LogP contribution in [0.2, 0.25) is 0 Å². The van der Waals surface area contributed by atoms with Gasteiger partial charge >= 0.3 is 0 Å². The molecule has 1 saturated heterocycles. The van der Waals surface area contributed by atoms with Crippen molar-refractivity contribution in [2.75, 3.05) is 18.4 Å². The number of hydrogen-bond donors (Lipinski definition) is 4. The minimum atomic E-state index is -1.83. The summed E-state index contributed by atoms with van der Waals surface area (Å²) in [4.78, 5) is 27.8. The molecule has 0 spiro atoms. The Labute approximate surface area is 219 Å². The summed E-state index contributed by atoms with van der Waals surface area (Å²) in [5.74, 6) is -3.02. The molecular formula is C28H31F2N5O3. The molecule has 0 radical (unpaired) electrons. The Hall–Kier alpha value is -3.63. The van der Waals surface area contributed by atoms with Crippen molar-refractivity contribution in [2.45, 2.75) is 56.2 Å². The van der Waals surface area contributed by atoms with Gasteiger partial charge in [-0.3, -0.25) is 14.7 Å². The number of nitrogens with zero attached hydrogens (tertiary/aromatic N) is 2. The molecule has 38 heavy (non-hydrogen) atoms.